The number of amides is 2. The molecule has 194 valence electrons. The number of hydrogen-bond acceptors (Lipinski definition) is 7. The first-order chi connectivity index (χ1) is 18.5. The second kappa shape index (κ2) is 9.89. The third kappa shape index (κ3) is 4.28. The summed E-state index contributed by atoms with van der Waals surface area (Å²) >= 11 is 0. The Kier molecular flexibility index (Phi) is 6.27. The van der Waals surface area contributed by atoms with Gasteiger partial charge in [0.1, 0.15) is 11.6 Å². The first kappa shape index (κ1) is 24.1. The van der Waals surface area contributed by atoms with E-state index < -0.39 is 5.82 Å². The predicted molar refractivity (Wildman–Crippen MR) is 140 cm³/mol. The molecule has 4 aliphatic heterocycles. The molecule has 0 aliphatic carbocycles. The maximum absolute atomic E-state index is 14.9. The number of fused-ring (bicyclic) bond motifs is 1. The van der Waals surface area contributed by atoms with Gasteiger partial charge in [0, 0.05) is 38.6 Å². The van der Waals surface area contributed by atoms with Crippen LogP contribution in [0.15, 0.2) is 41.3 Å². The number of halogens is 1. The number of aromatic nitrogens is 1. The van der Waals surface area contributed by atoms with Gasteiger partial charge in [0.2, 0.25) is 5.91 Å². The van der Waals surface area contributed by atoms with Crippen molar-refractivity contribution in [1.82, 2.24) is 20.1 Å². The summed E-state index contributed by atoms with van der Waals surface area (Å²) < 4.78 is 14.9. The summed E-state index contributed by atoms with van der Waals surface area (Å²) in [5, 5.41) is 12.4. The van der Waals surface area contributed by atoms with Crippen molar-refractivity contribution in [3.8, 4) is 17.3 Å². The number of nitriles is 1. The van der Waals surface area contributed by atoms with Crippen LogP contribution in [0.2, 0.25) is 0 Å². The molecule has 1 aromatic carbocycles. The SMILES string of the molecule is N#Cc1cccc(F)c1-c1cc(N2C=C(N3CCCC(C(=O)N4CCCC4)C3)N=CC2)c2c(n1)CNC2=O. The Morgan fingerprint density at radius 2 is 2.00 bits per heavy atom. The lowest BCUT2D eigenvalue weighted by atomic mass is 9.96. The molecule has 0 spiro atoms. The van der Waals surface area contributed by atoms with Crippen molar-refractivity contribution in [1.29, 1.82) is 5.26 Å². The van der Waals surface area contributed by atoms with Gasteiger partial charge in [0.15, 0.2) is 0 Å². The monoisotopic (exact) mass is 513 g/mol. The normalized spacial score (nSPS) is 20.7. The maximum atomic E-state index is 14.9. The van der Waals surface area contributed by atoms with Crippen LogP contribution in [0, 0.1) is 23.1 Å². The Hall–Kier alpha value is -4.26. The van der Waals surface area contributed by atoms with Crippen LogP contribution in [-0.4, -0.2) is 65.5 Å². The minimum Gasteiger partial charge on any atom is -0.355 e. The summed E-state index contributed by atoms with van der Waals surface area (Å²) in [5.41, 5.74) is 2.14. The minimum atomic E-state index is -0.543. The summed E-state index contributed by atoms with van der Waals surface area (Å²) in [4.78, 5) is 41.1. The minimum absolute atomic E-state index is 0.0543. The van der Waals surface area contributed by atoms with Crippen LogP contribution >= 0.6 is 0 Å². The molecule has 1 unspecified atom stereocenters. The molecule has 1 aromatic heterocycles. The van der Waals surface area contributed by atoms with E-state index in [-0.39, 0.29) is 35.4 Å². The summed E-state index contributed by atoms with van der Waals surface area (Å²) in [7, 11) is 0. The molecular weight excluding hydrogens is 485 g/mol. The third-order valence-corrected chi connectivity index (χ3v) is 7.70. The molecule has 10 heteroatoms. The zero-order chi connectivity index (χ0) is 26.2. The number of carbonyl (C=O) groups is 2. The lowest BCUT2D eigenvalue weighted by Gasteiger charge is -2.37. The number of hydrogen-bond donors (Lipinski definition) is 1. The lowest BCUT2D eigenvalue weighted by molar-refractivity contribution is -0.135. The van der Waals surface area contributed by atoms with E-state index in [1.165, 1.54) is 12.1 Å². The summed E-state index contributed by atoms with van der Waals surface area (Å²) in [6.45, 7) is 3.73. The summed E-state index contributed by atoms with van der Waals surface area (Å²) in [6, 6.07) is 8.07. The molecule has 0 bridgehead atoms. The summed E-state index contributed by atoms with van der Waals surface area (Å²) in [6.07, 6.45) is 7.59. The van der Waals surface area contributed by atoms with E-state index in [0.717, 1.165) is 51.1 Å². The Bertz CT molecular complexity index is 1410. The molecular formula is C28H28FN7O2. The number of rotatable bonds is 4. The van der Waals surface area contributed by atoms with Crippen molar-refractivity contribution < 1.29 is 14.0 Å². The number of nitrogens with zero attached hydrogens (tertiary/aromatic N) is 6. The van der Waals surface area contributed by atoms with Crippen LogP contribution < -0.4 is 10.2 Å². The highest BCUT2D eigenvalue weighted by Gasteiger charge is 2.33. The number of benzene rings is 1. The van der Waals surface area contributed by atoms with Gasteiger partial charge in [-0.05, 0) is 43.9 Å². The van der Waals surface area contributed by atoms with Gasteiger partial charge in [-0.25, -0.2) is 14.4 Å². The van der Waals surface area contributed by atoms with Crippen LogP contribution in [0.3, 0.4) is 0 Å². The topological polar surface area (TPSA) is 105 Å². The van der Waals surface area contributed by atoms with E-state index in [1.807, 2.05) is 22.1 Å². The molecule has 2 saturated heterocycles. The van der Waals surface area contributed by atoms with Crippen LogP contribution in [0.5, 0.6) is 0 Å². The average molecular weight is 514 g/mol. The highest BCUT2D eigenvalue weighted by Crippen LogP contribution is 2.35. The Morgan fingerprint density at radius 1 is 1.16 bits per heavy atom. The van der Waals surface area contributed by atoms with Gasteiger partial charge in [-0.15, -0.1) is 0 Å². The molecule has 1 atom stereocenters. The fourth-order valence-electron chi connectivity index (χ4n) is 5.80. The van der Waals surface area contributed by atoms with Crippen LogP contribution in [-0.2, 0) is 11.3 Å². The molecule has 0 saturated carbocycles. The number of pyridine rings is 1. The van der Waals surface area contributed by atoms with Crippen molar-refractivity contribution >= 4 is 23.7 Å². The van der Waals surface area contributed by atoms with Gasteiger partial charge in [-0.1, -0.05) is 6.07 Å². The van der Waals surface area contributed by atoms with E-state index in [4.69, 9.17) is 0 Å². The average Bonchev–Trinajstić information content (AvgIpc) is 3.62. The van der Waals surface area contributed by atoms with Gasteiger partial charge in [-0.3, -0.25) is 9.59 Å². The number of carbonyl (C=O) groups excluding carboxylic acids is 2. The van der Waals surface area contributed by atoms with Crippen molar-refractivity contribution in [2.75, 3.05) is 37.6 Å². The molecule has 0 radical (unpaired) electrons. The van der Waals surface area contributed by atoms with E-state index in [1.54, 1.807) is 18.3 Å². The van der Waals surface area contributed by atoms with E-state index in [2.05, 4.69) is 20.2 Å². The Labute approximate surface area is 220 Å². The van der Waals surface area contributed by atoms with Gasteiger partial charge < -0.3 is 20.0 Å². The lowest BCUT2D eigenvalue weighted by Crippen LogP contribution is -2.44. The first-order valence-corrected chi connectivity index (χ1v) is 13.1. The number of nitrogens with one attached hydrogen (secondary N) is 1. The number of likely N-dealkylation sites (tertiary alicyclic amines) is 2. The number of piperidine rings is 1. The van der Waals surface area contributed by atoms with Crippen molar-refractivity contribution in [2.24, 2.45) is 10.9 Å². The fourth-order valence-corrected chi connectivity index (χ4v) is 5.80. The van der Waals surface area contributed by atoms with E-state index in [0.29, 0.717) is 35.7 Å². The molecule has 2 fully saturated rings. The zero-order valence-electron chi connectivity index (χ0n) is 21.0. The van der Waals surface area contributed by atoms with Gasteiger partial charge in [-0.2, -0.15) is 5.26 Å². The van der Waals surface area contributed by atoms with Crippen LogP contribution in [0.25, 0.3) is 11.3 Å². The molecule has 6 rings (SSSR count). The largest absolute Gasteiger partial charge is 0.355 e. The van der Waals surface area contributed by atoms with Gasteiger partial charge >= 0.3 is 0 Å². The highest BCUT2D eigenvalue weighted by molar-refractivity contribution is 6.04. The fraction of sp³-hybridized carbons (Fsp3) is 0.393. The Balaban J connectivity index is 1.34. The second-order valence-electron chi connectivity index (χ2n) is 10.1. The first-order valence-electron chi connectivity index (χ1n) is 13.1. The third-order valence-electron chi connectivity index (χ3n) is 7.70. The van der Waals surface area contributed by atoms with E-state index >= 15 is 0 Å². The molecule has 2 amide bonds. The smallest absolute Gasteiger partial charge is 0.255 e. The predicted octanol–water partition coefficient (Wildman–Crippen LogP) is 3.03. The maximum Gasteiger partial charge on any atom is 0.255 e. The standard InChI is InChI=1S/C28H28FN7O2/c29-20-7-3-5-18(14-30)25(20)21-13-23(26-22(33-21)15-32-27(26)37)35-12-8-31-24(17-35)36-11-4-6-19(16-36)28(38)34-9-1-2-10-34/h3,5,7-8,13,17,19H,1-2,4,6,9-12,15-16H2,(H,32,37). The van der Waals surface area contributed by atoms with Crippen molar-refractivity contribution in [2.45, 2.75) is 32.2 Å². The molecule has 1 N–H and O–H groups in total. The highest BCUT2D eigenvalue weighted by atomic mass is 19.1. The van der Waals surface area contributed by atoms with Gasteiger partial charge in [0.25, 0.3) is 5.91 Å². The molecule has 4 aliphatic rings. The molecule has 5 heterocycles. The van der Waals surface area contributed by atoms with Gasteiger partial charge in [0.05, 0.1) is 58.8 Å². The zero-order valence-corrected chi connectivity index (χ0v) is 21.0. The molecule has 2 aromatic rings. The van der Waals surface area contributed by atoms with E-state index in [9.17, 15) is 19.2 Å². The quantitative estimate of drug-likeness (QED) is 0.674. The van der Waals surface area contributed by atoms with Crippen LogP contribution in [0.4, 0.5) is 10.1 Å². The second-order valence-corrected chi connectivity index (χ2v) is 10.1. The number of aliphatic imine (C=N–C) groups is 1. The van der Waals surface area contributed by atoms with Crippen LogP contribution in [0.1, 0.15) is 47.3 Å². The van der Waals surface area contributed by atoms with Crippen molar-refractivity contribution in [3.63, 3.8) is 0 Å². The molecule has 9 nitrogen and oxygen atoms in total. The summed E-state index contributed by atoms with van der Waals surface area (Å²) in [5.74, 6) is 0.120. The van der Waals surface area contributed by atoms with Crippen molar-refractivity contribution in [3.05, 3.63) is 58.9 Å². The number of anilines is 1. The Morgan fingerprint density at radius 3 is 2.82 bits per heavy atom. The molecule has 38 heavy (non-hydrogen) atoms.